The van der Waals surface area contributed by atoms with Crippen molar-refractivity contribution in [1.82, 2.24) is 0 Å². The quantitative estimate of drug-likeness (QED) is 0.843. The number of amides is 1. The van der Waals surface area contributed by atoms with Crippen LogP contribution in [0.3, 0.4) is 0 Å². The Bertz CT molecular complexity index is 644. The maximum atomic E-state index is 12.4. The normalized spacial score (nSPS) is 44.3. The zero-order chi connectivity index (χ0) is 16.2. The van der Waals surface area contributed by atoms with Gasteiger partial charge in [0.25, 0.3) is 10.0 Å². The molecule has 23 heavy (non-hydrogen) atoms. The zero-order valence-electron chi connectivity index (χ0n) is 13.2. The molecular weight excluding hydrogens is 316 g/mol. The summed E-state index contributed by atoms with van der Waals surface area (Å²) in [6.07, 6.45) is 6.72. The number of hydrogen-bond acceptors (Lipinski definition) is 4. The lowest BCUT2D eigenvalue weighted by Gasteiger charge is -2.36. The van der Waals surface area contributed by atoms with E-state index < -0.39 is 15.3 Å². The number of nitrogens with zero attached hydrogens (tertiary/aromatic N) is 1. The SMILES string of the molecule is NC(=O)[C@@H]1[C@@H]2CC[C@@H](C2)[C@@H]1CC1=NS(=O)(=O)C2CCCCC2O1. The van der Waals surface area contributed by atoms with Crippen LogP contribution < -0.4 is 5.73 Å². The average molecular weight is 340 g/mol. The van der Waals surface area contributed by atoms with Gasteiger partial charge in [0.2, 0.25) is 11.8 Å². The molecule has 1 heterocycles. The third kappa shape index (κ3) is 2.57. The second-order valence-corrected chi connectivity index (χ2v) is 9.43. The van der Waals surface area contributed by atoms with E-state index in [0.29, 0.717) is 30.6 Å². The van der Waals surface area contributed by atoms with Crippen LogP contribution in [-0.2, 0) is 19.6 Å². The van der Waals surface area contributed by atoms with Crippen molar-refractivity contribution in [2.45, 2.75) is 62.7 Å². The molecule has 0 spiro atoms. The van der Waals surface area contributed by atoms with Crippen LogP contribution in [0.15, 0.2) is 4.40 Å². The minimum atomic E-state index is -3.48. The first-order valence-corrected chi connectivity index (χ1v) is 10.2. The molecule has 6 nitrogen and oxygen atoms in total. The summed E-state index contributed by atoms with van der Waals surface area (Å²) in [6.45, 7) is 0. The van der Waals surface area contributed by atoms with E-state index in [9.17, 15) is 13.2 Å². The molecule has 2 bridgehead atoms. The minimum absolute atomic E-state index is 0.0975. The highest BCUT2D eigenvalue weighted by molar-refractivity contribution is 7.91. The van der Waals surface area contributed by atoms with E-state index in [4.69, 9.17) is 10.5 Å². The third-order valence-corrected chi connectivity index (χ3v) is 8.13. The van der Waals surface area contributed by atoms with Gasteiger partial charge in [-0.05, 0) is 56.3 Å². The van der Waals surface area contributed by atoms with E-state index in [1.54, 1.807) is 0 Å². The smallest absolute Gasteiger partial charge is 0.262 e. The number of nitrogens with two attached hydrogens (primary N) is 1. The molecule has 6 atom stereocenters. The molecule has 3 fully saturated rings. The summed E-state index contributed by atoms with van der Waals surface area (Å²) in [6, 6.07) is 0. The molecular formula is C16H24N2O4S. The fraction of sp³-hybridized carbons (Fsp3) is 0.875. The zero-order valence-corrected chi connectivity index (χ0v) is 14.0. The summed E-state index contributed by atoms with van der Waals surface area (Å²) >= 11 is 0. The van der Waals surface area contributed by atoms with E-state index in [2.05, 4.69) is 4.40 Å². The summed E-state index contributed by atoms with van der Waals surface area (Å²) < 4.78 is 34.7. The second kappa shape index (κ2) is 5.46. The Morgan fingerprint density at radius 1 is 1.17 bits per heavy atom. The average Bonchev–Trinajstić information content (AvgIpc) is 3.07. The number of carbonyl (C=O) groups excluding carboxylic acids is 1. The molecule has 3 saturated carbocycles. The summed E-state index contributed by atoms with van der Waals surface area (Å²) in [4.78, 5) is 11.8. The summed E-state index contributed by atoms with van der Waals surface area (Å²) in [5, 5.41) is -0.480. The molecule has 2 unspecified atom stereocenters. The van der Waals surface area contributed by atoms with Crippen LogP contribution in [0.2, 0.25) is 0 Å². The number of hydrogen-bond donors (Lipinski definition) is 1. The molecule has 0 aromatic rings. The minimum Gasteiger partial charge on any atom is -0.475 e. The Morgan fingerprint density at radius 2 is 1.91 bits per heavy atom. The highest BCUT2D eigenvalue weighted by Gasteiger charge is 2.51. The molecule has 4 rings (SSSR count). The number of carbonyl (C=O) groups is 1. The summed E-state index contributed by atoms with van der Waals surface area (Å²) in [5.41, 5.74) is 5.60. The number of primary amides is 1. The van der Waals surface area contributed by atoms with E-state index >= 15 is 0 Å². The lowest BCUT2D eigenvalue weighted by molar-refractivity contribution is -0.125. The number of sulfonamides is 1. The van der Waals surface area contributed by atoms with Crippen LogP contribution in [0.5, 0.6) is 0 Å². The van der Waals surface area contributed by atoms with E-state index in [0.717, 1.165) is 38.5 Å². The first-order valence-electron chi connectivity index (χ1n) is 8.74. The van der Waals surface area contributed by atoms with Gasteiger partial charge in [-0.3, -0.25) is 4.79 Å². The summed E-state index contributed by atoms with van der Waals surface area (Å²) in [7, 11) is -3.48. The van der Waals surface area contributed by atoms with Crippen molar-refractivity contribution in [1.29, 1.82) is 0 Å². The van der Waals surface area contributed by atoms with Crippen molar-refractivity contribution in [2.24, 2.45) is 33.8 Å². The molecule has 1 aliphatic heterocycles. The molecule has 1 amide bonds. The number of ether oxygens (including phenoxy) is 1. The van der Waals surface area contributed by atoms with Crippen molar-refractivity contribution in [3.63, 3.8) is 0 Å². The molecule has 0 saturated heterocycles. The highest BCUT2D eigenvalue weighted by atomic mass is 32.2. The van der Waals surface area contributed by atoms with Crippen LogP contribution >= 0.6 is 0 Å². The predicted molar refractivity (Wildman–Crippen MR) is 85.1 cm³/mol. The van der Waals surface area contributed by atoms with Gasteiger partial charge in [0, 0.05) is 12.3 Å². The maximum absolute atomic E-state index is 12.4. The van der Waals surface area contributed by atoms with Crippen molar-refractivity contribution in [3.05, 3.63) is 0 Å². The van der Waals surface area contributed by atoms with Gasteiger partial charge in [0.1, 0.15) is 11.4 Å². The number of fused-ring (bicyclic) bond motifs is 3. The van der Waals surface area contributed by atoms with Crippen molar-refractivity contribution < 1.29 is 17.9 Å². The number of rotatable bonds is 3. The standard InChI is InChI=1S/C16H24N2O4S/c17-16(19)15-10-6-5-9(7-10)11(15)8-14-18-23(20,21)13-4-2-1-3-12(13)22-14/h9-13,15H,1-8H2,(H2,17,19)/t9-,10+,11-,12?,13?,15+/m0/s1. The molecule has 0 radical (unpaired) electrons. The van der Waals surface area contributed by atoms with Gasteiger partial charge in [-0.15, -0.1) is 4.40 Å². The largest absolute Gasteiger partial charge is 0.475 e. The Hall–Kier alpha value is -1.11. The topological polar surface area (TPSA) is 98.8 Å². The Morgan fingerprint density at radius 3 is 2.70 bits per heavy atom. The Kier molecular flexibility index (Phi) is 3.66. The van der Waals surface area contributed by atoms with Crippen LogP contribution in [0.4, 0.5) is 0 Å². The highest BCUT2D eigenvalue weighted by Crippen LogP contribution is 2.53. The third-order valence-electron chi connectivity index (χ3n) is 6.37. The van der Waals surface area contributed by atoms with E-state index in [1.165, 1.54) is 0 Å². The van der Waals surface area contributed by atoms with Gasteiger partial charge in [0.15, 0.2) is 0 Å². The lowest BCUT2D eigenvalue weighted by Crippen LogP contribution is -2.44. The second-order valence-electron chi connectivity index (χ2n) is 7.61. The van der Waals surface area contributed by atoms with Gasteiger partial charge < -0.3 is 10.5 Å². The first-order chi connectivity index (χ1) is 11.0. The molecule has 7 heteroatoms. The Balaban J connectivity index is 1.56. The van der Waals surface area contributed by atoms with E-state index in [1.807, 2.05) is 0 Å². The van der Waals surface area contributed by atoms with Crippen LogP contribution in [0, 0.1) is 23.7 Å². The van der Waals surface area contributed by atoms with Crippen molar-refractivity contribution in [3.8, 4) is 0 Å². The molecule has 4 aliphatic rings. The van der Waals surface area contributed by atoms with Crippen molar-refractivity contribution >= 4 is 21.8 Å². The van der Waals surface area contributed by atoms with Crippen LogP contribution in [0.1, 0.15) is 51.4 Å². The molecule has 3 aliphatic carbocycles. The lowest BCUT2D eigenvalue weighted by atomic mass is 9.77. The fourth-order valence-electron chi connectivity index (χ4n) is 5.38. The van der Waals surface area contributed by atoms with Crippen molar-refractivity contribution in [2.75, 3.05) is 0 Å². The summed E-state index contributed by atoms with van der Waals surface area (Å²) in [5.74, 6) is 0.836. The van der Waals surface area contributed by atoms with Gasteiger partial charge in [-0.25, -0.2) is 8.42 Å². The molecule has 2 N–H and O–H groups in total. The predicted octanol–water partition coefficient (Wildman–Crippen LogP) is 1.59. The Labute approximate surface area is 136 Å². The van der Waals surface area contributed by atoms with Gasteiger partial charge in [0.05, 0.1) is 0 Å². The van der Waals surface area contributed by atoms with Crippen LogP contribution in [-0.4, -0.2) is 31.6 Å². The van der Waals surface area contributed by atoms with E-state index in [-0.39, 0.29) is 23.8 Å². The van der Waals surface area contributed by atoms with Gasteiger partial charge >= 0.3 is 0 Å². The first kappa shape index (κ1) is 15.4. The monoisotopic (exact) mass is 340 g/mol. The van der Waals surface area contributed by atoms with Gasteiger partial charge in [-0.2, -0.15) is 0 Å². The fourth-order valence-corrected chi connectivity index (χ4v) is 6.96. The molecule has 128 valence electrons. The van der Waals surface area contributed by atoms with Crippen LogP contribution in [0.25, 0.3) is 0 Å². The maximum Gasteiger partial charge on any atom is 0.262 e. The van der Waals surface area contributed by atoms with Gasteiger partial charge in [-0.1, -0.05) is 6.42 Å². The molecule has 0 aromatic carbocycles. The molecule has 0 aromatic heterocycles.